The Morgan fingerprint density at radius 2 is 1.25 bits per heavy atom. The van der Waals surface area contributed by atoms with Gasteiger partial charge in [-0.25, -0.2) is 4.90 Å². The molecule has 2 aliphatic heterocycles. The summed E-state index contributed by atoms with van der Waals surface area (Å²) in [4.78, 5) is 57.0. The average Bonchev–Trinajstić information content (AvgIpc) is 3.58. The number of hydrogen-bond donors (Lipinski definition) is 0. The molecule has 2 fully saturated rings. The number of nitrogens with zero attached hydrogens (tertiary/aromatic N) is 2. The van der Waals surface area contributed by atoms with Crippen molar-refractivity contribution in [3.05, 3.63) is 119 Å². The fourth-order valence-corrected chi connectivity index (χ4v) is 7.69. The van der Waals surface area contributed by atoms with Crippen LogP contribution in [0.5, 0.6) is 11.5 Å². The highest BCUT2D eigenvalue weighted by Crippen LogP contribution is 2.61. The van der Waals surface area contributed by atoms with Crippen LogP contribution in [0, 0.1) is 17.8 Å². The lowest BCUT2D eigenvalue weighted by atomic mass is 9.55. The van der Waals surface area contributed by atoms with E-state index in [4.69, 9.17) is 9.47 Å². The van der Waals surface area contributed by atoms with E-state index in [0.29, 0.717) is 17.1 Å². The van der Waals surface area contributed by atoms with E-state index in [1.54, 1.807) is 60.5 Å². The van der Waals surface area contributed by atoms with Crippen LogP contribution in [0.2, 0.25) is 0 Å². The Bertz CT molecular complexity index is 1750. The number of amides is 3. The minimum atomic E-state index is -0.654. The lowest BCUT2D eigenvalue weighted by Gasteiger charge is -2.45. The normalized spacial score (nSPS) is 24.7. The van der Waals surface area contributed by atoms with Gasteiger partial charge in [-0.2, -0.15) is 0 Å². The van der Waals surface area contributed by atoms with Crippen molar-refractivity contribution in [2.45, 2.75) is 18.3 Å². The third kappa shape index (κ3) is 3.83. The second kappa shape index (κ2) is 9.91. The van der Waals surface area contributed by atoms with Crippen molar-refractivity contribution < 1.29 is 28.7 Å². The number of imide groups is 1. The molecule has 0 N–H and O–H groups in total. The second-order valence-electron chi connectivity index (χ2n) is 11.8. The molecular formula is C36H28N2O6. The van der Waals surface area contributed by atoms with Crippen molar-refractivity contribution in [1.29, 1.82) is 0 Å². The van der Waals surface area contributed by atoms with Gasteiger partial charge in [0.25, 0.3) is 0 Å². The Morgan fingerprint density at radius 1 is 0.682 bits per heavy atom. The van der Waals surface area contributed by atoms with Crippen LogP contribution < -0.4 is 19.3 Å². The van der Waals surface area contributed by atoms with E-state index in [2.05, 4.69) is 24.3 Å². The predicted molar refractivity (Wildman–Crippen MR) is 162 cm³/mol. The van der Waals surface area contributed by atoms with Crippen LogP contribution in [0.1, 0.15) is 40.5 Å². The van der Waals surface area contributed by atoms with Gasteiger partial charge in [0.05, 0.1) is 30.6 Å². The fourth-order valence-electron chi connectivity index (χ4n) is 7.69. The number of rotatable bonds is 5. The summed E-state index contributed by atoms with van der Waals surface area (Å²) in [6.45, 7) is 0.194. The van der Waals surface area contributed by atoms with Gasteiger partial charge in [0.2, 0.25) is 17.7 Å². The van der Waals surface area contributed by atoms with E-state index in [-0.39, 0.29) is 48.3 Å². The summed E-state index contributed by atoms with van der Waals surface area (Å²) in [5.74, 6) is -2.35. The van der Waals surface area contributed by atoms with Gasteiger partial charge in [-0.1, -0.05) is 54.6 Å². The number of hydrogen-bond acceptors (Lipinski definition) is 6. The Kier molecular flexibility index (Phi) is 5.94. The van der Waals surface area contributed by atoms with Gasteiger partial charge in [-0.3, -0.25) is 19.2 Å². The Morgan fingerprint density at radius 3 is 1.80 bits per heavy atom. The highest BCUT2D eigenvalue weighted by molar-refractivity contribution is 6.23. The zero-order chi connectivity index (χ0) is 30.1. The molecule has 3 atom stereocenters. The highest BCUT2D eigenvalue weighted by Gasteiger charge is 2.61. The Balaban J connectivity index is 1.04. The number of benzene rings is 4. The molecule has 0 aromatic heterocycles. The zero-order valence-corrected chi connectivity index (χ0v) is 23.9. The zero-order valence-electron chi connectivity index (χ0n) is 23.9. The number of carbonyl (C=O) groups excluding carboxylic acids is 4. The first kappa shape index (κ1) is 26.4. The molecule has 4 aromatic rings. The number of methoxy groups -OCH3 is 1. The molecule has 0 saturated carbocycles. The Hall–Kier alpha value is -5.24. The van der Waals surface area contributed by atoms with E-state index in [9.17, 15) is 19.2 Å². The summed E-state index contributed by atoms with van der Waals surface area (Å²) < 4.78 is 10.9. The monoisotopic (exact) mass is 584 g/mol. The molecule has 3 amide bonds. The van der Waals surface area contributed by atoms with E-state index < -0.39 is 23.7 Å². The minimum absolute atomic E-state index is 0.0287. The molecule has 218 valence electrons. The summed E-state index contributed by atoms with van der Waals surface area (Å²) in [6, 6.07) is 29.9. The summed E-state index contributed by atoms with van der Waals surface area (Å²) in [7, 11) is 1.57. The molecular weight excluding hydrogens is 556 g/mol. The number of ether oxygens (including phenoxy) is 2. The van der Waals surface area contributed by atoms with Crippen LogP contribution in [0.3, 0.4) is 0 Å². The third-order valence-electron chi connectivity index (χ3n) is 9.59. The lowest BCUT2D eigenvalue weighted by Crippen LogP contribution is -2.41. The molecule has 8 nitrogen and oxygen atoms in total. The van der Waals surface area contributed by atoms with E-state index in [1.165, 1.54) is 4.90 Å². The first-order chi connectivity index (χ1) is 21.4. The van der Waals surface area contributed by atoms with Gasteiger partial charge in [0.1, 0.15) is 11.5 Å². The van der Waals surface area contributed by atoms with Crippen molar-refractivity contribution >= 4 is 35.1 Å². The van der Waals surface area contributed by atoms with Gasteiger partial charge in [-0.15, -0.1) is 0 Å². The lowest BCUT2D eigenvalue weighted by molar-refractivity contribution is -0.139. The van der Waals surface area contributed by atoms with Gasteiger partial charge < -0.3 is 14.4 Å². The van der Waals surface area contributed by atoms with E-state index in [0.717, 1.165) is 22.3 Å². The topological polar surface area (TPSA) is 93.2 Å². The first-order valence-corrected chi connectivity index (χ1v) is 14.8. The molecule has 4 aromatic carbocycles. The van der Waals surface area contributed by atoms with Crippen LogP contribution in [0.15, 0.2) is 97.1 Å². The molecule has 2 heterocycles. The predicted octanol–water partition coefficient (Wildman–Crippen LogP) is 5.05. The molecule has 0 spiro atoms. The molecule has 0 radical (unpaired) electrons. The molecule has 9 rings (SSSR count). The van der Waals surface area contributed by atoms with Crippen LogP contribution in [-0.4, -0.2) is 37.3 Å². The van der Waals surface area contributed by atoms with Crippen LogP contribution >= 0.6 is 0 Å². The molecule has 44 heavy (non-hydrogen) atoms. The van der Waals surface area contributed by atoms with Crippen molar-refractivity contribution in [2.75, 3.05) is 23.5 Å². The quantitative estimate of drug-likeness (QED) is 0.185. The molecule has 3 aliphatic carbocycles. The largest absolute Gasteiger partial charge is 0.497 e. The fraction of sp³-hybridized carbons (Fsp3) is 0.222. The summed E-state index contributed by atoms with van der Waals surface area (Å²) >= 11 is 0. The maximum absolute atomic E-state index is 14.1. The second-order valence-corrected chi connectivity index (χ2v) is 11.8. The molecule has 0 unspecified atom stereocenters. The third-order valence-corrected chi connectivity index (χ3v) is 9.59. The highest BCUT2D eigenvalue weighted by atomic mass is 16.5. The average molecular weight is 585 g/mol. The molecule has 2 saturated heterocycles. The summed E-state index contributed by atoms with van der Waals surface area (Å²) in [5.41, 5.74) is 5.49. The van der Waals surface area contributed by atoms with Crippen LogP contribution in [-0.2, 0) is 19.2 Å². The summed E-state index contributed by atoms with van der Waals surface area (Å²) in [5, 5.41) is 0. The van der Waals surface area contributed by atoms with Gasteiger partial charge in [0.15, 0.2) is 0 Å². The smallest absolute Gasteiger partial charge is 0.316 e. The van der Waals surface area contributed by atoms with Crippen molar-refractivity contribution in [1.82, 2.24) is 0 Å². The standard InChI is InChI=1S/C36H28N2O6/c1-43-23-15-13-21(14-16-23)37-19-20(17-29(37)39)36(42)44-24-8-6-7-22(18-24)38-34(40)32-30-25-9-2-3-10-26(25)31(33(32)35(38)41)28-12-5-4-11-27(28)30/h2-16,18,20,30-33H,17,19H2,1H3/t20-,30?,31?,32+,33+/m1/s1. The maximum atomic E-state index is 14.1. The molecule has 2 bridgehead atoms. The van der Waals surface area contributed by atoms with Gasteiger partial charge in [0, 0.05) is 36.6 Å². The number of anilines is 2. The van der Waals surface area contributed by atoms with Crippen molar-refractivity contribution in [3.63, 3.8) is 0 Å². The summed E-state index contributed by atoms with van der Waals surface area (Å²) in [6.07, 6.45) is 0.0287. The van der Waals surface area contributed by atoms with Crippen molar-refractivity contribution in [3.8, 4) is 11.5 Å². The van der Waals surface area contributed by atoms with E-state index >= 15 is 0 Å². The first-order valence-electron chi connectivity index (χ1n) is 14.8. The molecule has 5 aliphatic rings. The van der Waals surface area contributed by atoms with E-state index in [1.807, 2.05) is 24.3 Å². The van der Waals surface area contributed by atoms with Crippen LogP contribution in [0.25, 0.3) is 0 Å². The number of esters is 1. The van der Waals surface area contributed by atoms with Gasteiger partial charge >= 0.3 is 5.97 Å². The SMILES string of the molecule is COc1ccc(N2C[C@H](C(=O)Oc3cccc(N4C(=O)[C@H]5C6c7ccccc7C(c7ccccc76)[C@@H]5C4=O)c3)CC2=O)cc1. The maximum Gasteiger partial charge on any atom is 0.316 e. The number of carbonyl (C=O) groups is 4. The van der Waals surface area contributed by atoms with Crippen molar-refractivity contribution in [2.24, 2.45) is 17.8 Å². The van der Waals surface area contributed by atoms with Gasteiger partial charge in [-0.05, 0) is 58.7 Å². The Labute approximate surface area is 253 Å². The molecule has 8 heteroatoms. The van der Waals surface area contributed by atoms with Crippen LogP contribution in [0.4, 0.5) is 11.4 Å². The minimum Gasteiger partial charge on any atom is -0.497 e.